The van der Waals surface area contributed by atoms with Crippen molar-refractivity contribution in [1.29, 1.82) is 0 Å². The van der Waals surface area contributed by atoms with Gasteiger partial charge in [0, 0.05) is 12.1 Å². The van der Waals surface area contributed by atoms with Gasteiger partial charge >= 0.3 is 0 Å². The maximum Gasteiger partial charge on any atom is 0.295 e. The molecule has 1 aliphatic heterocycles. The molecule has 1 fully saturated rings. The van der Waals surface area contributed by atoms with Gasteiger partial charge < -0.3 is 19.8 Å². The molecule has 0 bridgehead atoms. The van der Waals surface area contributed by atoms with Crippen LogP contribution in [0.1, 0.15) is 37.4 Å². The van der Waals surface area contributed by atoms with Gasteiger partial charge in [0.1, 0.15) is 17.3 Å². The van der Waals surface area contributed by atoms with E-state index in [2.05, 4.69) is 0 Å². The van der Waals surface area contributed by atoms with Crippen LogP contribution in [0.3, 0.4) is 0 Å². The van der Waals surface area contributed by atoms with Crippen molar-refractivity contribution >= 4 is 29.1 Å². The number of nitrogens with zero attached hydrogens (tertiary/aromatic N) is 1. The normalized spacial score (nSPS) is 18.3. The zero-order valence-electron chi connectivity index (χ0n) is 16.2. The second-order valence-corrected chi connectivity index (χ2v) is 7.07. The summed E-state index contributed by atoms with van der Waals surface area (Å²) in [5.74, 6) is -1.25. The number of Topliss-reactive ketones (excluding diaryl/α,β-unsaturated/α-hetero) is 1. The molecule has 29 heavy (non-hydrogen) atoms. The van der Waals surface area contributed by atoms with E-state index in [0.717, 1.165) is 0 Å². The summed E-state index contributed by atoms with van der Waals surface area (Å²) in [6.07, 6.45) is 0.641. The lowest BCUT2D eigenvalue weighted by Crippen LogP contribution is -2.30. The number of carbonyl (C=O) groups excluding carboxylic acids is 2. The number of likely N-dealkylation sites (tertiary alicyclic amines) is 1. The molecule has 1 atom stereocenters. The van der Waals surface area contributed by atoms with Gasteiger partial charge in [-0.15, -0.1) is 0 Å². The van der Waals surface area contributed by atoms with Crippen molar-refractivity contribution in [3.63, 3.8) is 0 Å². The van der Waals surface area contributed by atoms with Crippen molar-refractivity contribution in [2.45, 2.75) is 26.3 Å². The minimum atomic E-state index is -0.776. The lowest BCUT2D eigenvalue weighted by atomic mass is 9.95. The smallest absolute Gasteiger partial charge is 0.295 e. The van der Waals surface area contributed by atoms with E-state index in [1.807, 2.05) is 13.8 Å². The van der Waals surface area contributed by atoms with E-state index in [4.69, 9.17) is 16.3 Å². The molecule has 0 spiro atoms. The summed E-state index contributed by atoms with van der Waals surface area (Å²) < 4.78 is 5.46. The van der Waals surface area contributed by atoms with Gasteiger partial charge in [-0.3, -0.25) is 9.59 Å². The van der Waals surface area contributed by atoms with E-state index in [9.17, 15) is 19.8 Å². The Morgan fingerprint density at radius 2 is 1.83 bits per heavy atom. The Labute approximate surface area is 174 Å². The number of phenolic OH excluding ortho intramolecular Hbond substituents is 1. The maximum atomic E-state index is 12.8. The fraction of sp³-hybridized carbons (Fsp3) is 0.273. The van der Waals surface area contributed by atoms with Crippen LogP contribution in [0.15, 0.2) is 48.0 Å². The molecule has 0 aromatic heterocycles. The average Bonchev–Trinajstić information content (AvgIpc) is 2.95. The van der Waals surface area contributed by atoms with Crippen LogP contribution in [0.2, 0.25) is 5.02 Å². The first kappa shape index (κ1) is 20.7. The van der Waals surface area contributed by atoms with Gasteiger partial charge in [0.2, 0.25) is 0 Å². The molecule has 0 radical (unpaired) electrons. The Bertz CT molecular complexity index is 968. The van der Waals surface area contributed by atoms with E-state index in [1.165, 1.54) is 17.0 Å². The zero-order valence-corrected chi connectivity index (χ0v) is 16.9. The highest BCUT2D eigenvalue weighted by molar-refractivity contribution is 6.47. The van der Waals surface area contributed by atoms with Crippen LogP contribution >= 0.6 is 11.6 Å². The number of hydrogen-bond donors (Lipinski definition) is 2. The summed E-state index contributed by atoms with van der Waals surface area (Å²) in [5, 5.41) is 20.9. The molecule has 0 saturated carbocycles. The van der Waals surface area contributed by atoms with Gasteiger partial charge in [-0.05, 0) is 49.2 Å². The molecule has 1 saturated heterocycles. The number of hydrogen-bond acceptors (Lipinski definition) is 5. The second kappa shape index (κ2) is 8.57. The highest BCUT2D eigenvalue weighted by atomic mass is 35.5. The van der Waals surface area contributed by atoms with Crippen LogP contribution < -0.4 is 4.74 Å². The third kappa shape index (κ3) is 3.93. The standard InChI is InChI=1S/C22H22ClNO5/c1-3-11-24-19(13-5-7-14(25)8-6-13)18(21(27)22(24)28)20(26)16-12-15(29-4-2)9-10-17(16)23/h5-10,12,19,25-26H,3-4,11H2,1-2H3/b20-18+. The van der Waals surface area contributed by atoms with Crippen molar-refractivity contribution in [3.8, 4) is 11.5 Å². The first-order valence-electron chi connectivity index (χ1n) is 9.39. The largest absolute Gasteiger partial charge is 0.508 e. The number of benzene rings is 2. The number of ether oxygens (including phenoxy) is 1. The molecule has 3 rings (SSSR count). The van der Waals surface area contributed by atoms with Gasteiger partial charge in [-0.25, -0.2) is 0 Å². The van der Waals surface area contributed by atoms with Crippen molar-refractivity contribution in [2.75, 3.05) is 13.2 Å². The van der Waals surface area contributed by atoms with E-state index in [-0.39, 0.29) is 27.7 Å². The molecule has 0 aliphatic carbocycles. The molecule has 2 aromatic carbocycles. The van der Waals surface area contributed by atoms with Gasteiger partial charge in [0.15, 0.2) is 0 Å². The van der Waals surface area contributed by atoms with Crippen molar-refractivity contribution in [1.82, 2.24) is 4.90 Å². The molecule has 152 valence electrons. The number of aliphatic hydroxyl groups is 1. The van der Waals surface area contributed by atoms with Gasteiger partial charge in [-0.1, -0.05) is 30.7 Å². The number of halogens is 1. The van der Waals surface area contributed by atoms with Gasteiger partial charge in [-0.2, -0.15) is 0 Å². The molecule has 6 nitrogen and oxygen atoms in total. The maximum absolute atomic E-state index is 12.8. The van der Waals surface area contributed by atoms with Crippen LogP contribution in [-0.4, -0.2) is 40.0 Å². The van der Waals surface area contributed by atoms with E-state index < -0.39 is 17.7 Å². The van der Waals surface area contributed by atoms with Crippen LogP contribution in [0, 0.1) is 0 Å². The molecule has 7 heteroatoms. The molecular formula is C22H22ClNO5. The van der Waals surface area contributed by atoms with Crippen molar-refractivity contribution in [3.05, 3.63) is 64.2 Å². The van der Waals surface area contributed by atoms with E-state index in [0.29, 0.717) is 30.9 Å². The molecule has 2 N–H and O–H groups in total. The summed E-state index contributed by atoms with van der Waals surface area (Å²) in [5.41, 5.74) is 0.787. The number of phenols is 1. The molecule has 1 amide bonds. The van der Waals surface area contributed by atoms with Crippen molar-refractivity contribution in [2.24, 2.45) is 0 Å². The third-order valence-electron chi connectivity index (χ3n) is 4.72. The highest BCUT2D eigenvalue weighted by Crippen LogP contribution is 2.41. The average molecular weight is 416 g/mol. The summed E-state index contributed by atoms with van der Waals surface area (Å²) in [4.78, 5) is 26.9. The number of aromatic hydroxyl groups is 1. The summed E-state index contributed by atoms with van der Waals surface area (Å²) in [6, 6.07) is 10.2. The topological polar surface area (TPSA) is 87.1 Å². The number of aliphatic hydroxyl groups excluding tert-OH is 1. The summed E-state index contributed by atoms with van der Waals surface area (Å²) in [7, 11) is 0. The zero-order chi connectivity index (χ0) is 21.1. The lowest BCUT2D eigenvalue weighted by Gasteiger charge is -2.25. The SMILES string of the molecule is CCCN1C(=O)C(=O)/C(=C(/O)c2cc(OCC)ccc2Cl)C1c1ccc(O)cc1. The number of amides is 1. The van der Waals surface area contributed by atoms with E-state index >= 15 is 0 Å². The molecule has 1 heterocycles. The highest BCUT2D eigenvalue weighted by Gasteiger charge is 2.45. The Balaban J connectivity index is 2.20. The number of rotatable bonds is 6. The Morgan fingerprint density at radius 3 is 2.45 bits per heavy atom. The lowest BCUT2D eigenvalue weighted by molar-refractivity contribution is -0.139. The van der Waals surface area contributed by atoms with Crippen molar-refractivity contribution < 1.29 is 24.5 Å². The first-order chi connectivity index (χ1) is 13.9. The van der Waals surface area contributed by atoms with Crippen LogP contribution in [0.4, 0.5) is 0 Å². The molecule has 1 unspecified atom stereocenters. The van der Waals surface area contributed by atoms with E-state index in [1.54, 1.807) is 30.3 Å². The molecule has 1 aliphatic rings. The monoisotopic (exact) mass is 415 g/mol. The number of ketones is 1. The molecule has 2 aromatic rings. The minimum Gasteiger partial charge on any atom is -0.508 e. The number of carbonyl (C=O) groups is 2. The van der Waals surface area contributed by atoms with Gasteiger partial charge in [0.05, 0.1) is 23.2 Å². The third-order valence-corrected chi connectivity index (χ3v) is 5.05. The predicted octanol–water partition coefficient (Wildman–Crippen LogP) is 4.28. The Hall–Kier alpha value is -2.99. The Morgan fingerprint density at radius 1 is 1.14 bits per heavy atom. The predicted molar refractivity (Wildman–Crippen MR) is 110 cm³/mol. The summed E-state index contributed by atoms with van der Waals surface area (Å²) in [6.45, 7) is 4.50. The summed E-state index contributed by atoms with van der Waals surface area (Å²) >= 11 is 6.27. The van der Waals surface area contributed by atoms with Crippen LogP contribution in [0.5, 0.6) is 11.5 Å². The Kier molecular flexibility index (Phi) is 6.13. The quantitative estimate of drug-likeness (QED) is 0.418. The second-order valence-electron chi connectivity index (χ2n) is 6.66. The minimum absolute atomic E-state index is 0.0373. The molecular weight excluding hydrogens is 394 g/mol. The van der Waals surface area contributed by atoms with Gasteiger partial charge in [0.25, 0.3) is 11.7 Å². The van der Waals surface area contributed by atoms with Crippen LogP contribution in [-0.2, 0) is 9.59 Å². The first-order valence-corrected chi connectivity index (χ1v) is 9.76. The fourth-order valence-electron chi connectivity index (χ4n) is 3.44. The fourth-order valence-corrected chi connectivity index (χ4v) is 3.65. The van der Waals surface area contributed by atoms with Crippen LogP contribution in [0.25, 0.3) is 5.76 Å².